The number of piperidine rings is 1. The van der Waals surface area contributed by atoms with Crippen LogP contribution in [0.4, 0.5) is 0 Å². The van der Waals surface area contributed by atoms with Gasteiger partial charge in [0.05, 0.1) is 12.1 Å². The number of carbonyl (C=O) groups is 1. The minimum absolute atomic E-state index is 0.111. The first-order valence-corrected chi connectivity index (χ1v) is 8.11. The van der Waals surface area contributed by atoms with Gasteiger partial charge in [0.2, 0.25) is 5.91 Å². The molecule has 0 aliphatic carbocycles. The third-order valence-corrected chi connectivity index (χ3v) is 4.34. The first-order chi connectivity index (χ1) is 9.45. The average molecular weight is 284 g/mol. The predicted octanol–water partition coefficient (Wildman–Crippen LogP) is 2.41. The Hall–Kier alpha value is -0.610. The van der Waals surface area contributed by atoms with Crippen molar-refractivity contribution in [3.05, 3.63) is 0 Å². The van der Waals surface area contributed by atoms with Gasteiger partial charge in [-0.3, -0.25) is 4.79 Å². The van der Waals surface area contributed by atoms with Crippen molar-refractivity contribution in [2.24, 2.45) is 17.6 Å². The molecule has 0 bridgehead atoms. The zero-order valence-electron chi connectivity index (χ0n) is 13.6. The van der Waals surface area contributed by atoms with Crippen LogP contribution in [0.25, 0.3) is 0 Å². The fraction of sp³-hybridized carbons (Fsp3) is 0.938. The Morgan fingerprint density at radius 1 is 1.30 bits per heavy atom. The van der Waals surface area contributed by atoms with Crippen LogP contribution in [0.1, 0.15) is 53.4 Å². The van der Waals surface area contributed by atoms with E-state index in [-0.39, 0.29) is 17.9 Å². The molecule has 1 saturated heterocycles. The van der Waals surface area contributed by atoms with Gasteiger partial charge >= 0.3 is 0 Å². The fourth-order valence-corrected chi connectivity index (χ4v) is 2.42. The molecule has 1 fully saturated rings. The molecule has 118 valence electrons. The second kappa shape index (κ2) is 8.63. The molecule has 1 heterocycles. The average Bonchev–Trinajstić information content (AvgIpc) is 2.45. The molecule has 1 aliphatic rings. The highest BCUT2D eigenvalue weighted by molar-refractivity contribution is 5.82. The van der Waals surface area contributed by atoms with Gasteiger partial charge in [-0.15, -0.1) is 0 Å². The monoisotopic (exact) mass is 284 g/mol. The van der Waals surface area contributed by atoms with Gasteiger partial charge in [-0.25, -0.2) is 0 Å². The van der Waals surface area contributed by atoms with E-state index in [2.05, 4.69) is 20.8 Å². The second-order valence-corrected chi connectivity index (χ2v) is 6.49. The highest BCUT2D eigenvalue weighted by atomic mass is 16.5. The second-order valence-electron chi connectivity index (χ2n) is 6.49. The summed E-state index contributed by atoms with van der Waals surface area (Å²) in [6, 6.07) is -0.349. The Bertz CT molecular complexity index is 286. The van der Waals surface area contributed by atoms with Crippen LogP contribution in [0.3, 0.4) is 0 Å². The summed E-state index contributed by atoms with van der Waals surface area (Å²) in [4.78, 5) is 14.2. The summed E-state index contributed by atoms with van der Waals surface area (Å²) in [6.45, 7) is 11.0. The van der Waals surface area contributed by atoms with E-state index in [1.807, 2.05) is 11.8 Å². The Morgan fingerprint density at radius 3 is 2.40 bits per heavy atom. The van der Waals surface area contributed by atoms with Crippen molar-refractivity contribution in [3.63, 3.8) is 0 Å². The number of hydrogen-bond donors (Lipinski definition) is 1. The number of amides is 1. The van der Waals surface area contributed by atoms with Crippen molar-refractivity contribution >= 4 is 5.91 Å². The van der Waals surface area contributed by atoms with E-state index in [0.29, 0.717) is 12.0 Å². The number of hydrogen-bond acceptors (Lipinski definition) is 3. The molecule has 0 aromatic rings. The number of carbonyl (C=O) groups excluding carboxylic acids is 1. The number of rotatable bonds is 7. The molecule has 0 aromatic heterocycles. The van der Waals surface area contributed by atoms with Crippen molar-refractivity contribution in [2.75, 3.05) is 19.7 Å². The Balaban J connectivity index is 2.29. The molecule has 0 saturated carbocycles. The molecule has 4 heteroatoms. The van der Waals surface area contributed by atoms with Gasteiger partial charge < -0.3 is 15.4 Å². The van der Waals surface area contributed by atoms with E-state index in [9.17, 15) is 4.79 Å². The lowest BCUT2D eigenvalue weighted by Gasteiger charge is -2.34. The quantitative estimate of drug-likeness (QED) is 0.781. The number of nitrogens with two attached hydrogens (primary N) is 1. The van der Waals surface area contributed by atoms with E-state index in [4.69, 9.17) is 10.5 Å². The van der Waals surface area contributed by atoms with Crippen molar-refractivity contribution in [3.8, 4) is 0 Å². The molecule has 0 spiro atoms. The molecule has 1 amide bonds. The number of nitrogens with zero attached hydrogens (tertiary/aromatic N) is 1. The van der Waals surface area contributed by atoms with E-state index >= 15 is 0 Å². The Kier molecular flexibility index (Phi) is 7.52. The molecular weight excluding hydrogens is 252 g/mol. The van der Waals surface area contributed by atoms with E-state index in [1.54, 1.807) is 0 Å². The normalized spacial score (nSPS) is 20.2. The summed E-state index contributed by atoms with van der Waals surface area (Å²) in [5, 5.41) is 0. The van der Waals surface area contributed by atoms with Gasteiger partial charge in [0.15, 0.2) is 0 Å². The van der Waals surface area contributed by atoms with Crippen molar-refractivity contribution in [1.29, 1.82) is 0 Å². The number of likely N-dealkylation sites (tertiary alicyclic amines) is 1. The SMILES string of the molecule is CCC(C)C(N)C(=O)N1CCC(OCCC(C)C)CC1. The molecule has 1 rings (SSSR count). The third-order valence-electron chi connectivity index (χ3n) is 4.34. The van der Waals surface area contributed by atoms with Crippen LogP contribution in [0, 0.1) is 11.8 Å². The minimum atomic E-state index is -0.349. The maximum atomic E-state index is 12.3. The highest BCUT2D eigenvalue weighted by Gasteiger charge is 2.28. The summed E-state index contributed by atoms with van der Waals surface area (Å²) in [6.07, 6.45) is 4.26. The maximum absolute atomic E-state index is 12.3. The first-order valence-electron chi connectivity index (χ1n) is 8.11. The summed E-state index contributed by atoms with van der Waals surface area (Å²) >= 11 is 0. The summed E-state index contributed by atoms with van der Waals surface area (Å²) in [7, 11) is 0. The van der Waals surface area contributed by atoms with Crippen LogP contribution in [0.15, 0.2) is 0 Å². The van der Waals surface area contributed by atoms with Gasteiger partial charge in [-0.1, -0.05) is 34.1 Å². The first kappa shape index (κ1) is 17.4. The lowest BCUT2D eigenvalue weighted by atomic mass is 9.97. The summed E-state index contributed by atoms with van der Waals surface area (Å²) in [5.41, 5.74) is 6.03. The zero-order chi connectivity index (χ0) is 15.1. The molecule has 1 aliphatic heterocycles. The third kappa shape index (κ3) is 5.41. The van der Waals surface area contributed by atoms with E-state index in [1.165, 1.54) is 0 Å². The van der Waals surface area contributed by atoms with Crippen molar-refractivity contribution in [2.45, 2.75) is 65.5 Å². The molecule has 20 heavy (non-hydrogen) atoms. The van der Waals surface area contributed by atoms with Gasteiger partial charge in [0.1, 0.15) is 0 Å². The Morgan fingerprint density at radius 2 is 1.90 bits per heavy atom. The molecule has 2 N–H and O–H groups in total. The molecule has 2 atom stereocenters. The molecular formula is C16H32N2O2. The van der Waals surface area contributed by atoms with Gasteiger partial charge in [-0.2, -0.15) is 0 Å². The van der Waals surface area contributed by atoms with Crippen LogP contribution < -0.4 is 5.73 Å². The topological polar surface area (TPSA) is 55.6 Å². The lowest BCUT2D eigenvalue weighted by Crippen LogP contribution is -2.50. The van der Waals surface area contributed by atoms with E-state index in [0.717, 1.165) is 45.4 Å². The van der Waals surface area contributed by atoms with Gasteiger partial charge in [-0.05, 0) is 31.1 Å². The standard InChI is InChI=1S/C16H32N2O2/c1-5-13(4)15(17)16(19)18-9-6-14(7-10-18)20-11-8-12(2)3/h12-15H,5-11,17H2,1-4H3. The molecule has 2 unspecified atom stereocenters. The smallest absolute Gasteiger partial charge is 0.239 e. The van der Waals surface area contributed by atoms with Crippen LogP contribution in [0.2, 0.25) is 0 Å². The van der Waals surface area contributed by atoms with Crippen molar-refractivity contribution < 1.29 is 9.53 Å². The Labute approximate surface area is 124 Å². The predicted molar refractivity (Wildman–Crippen MR) is 82.4 cm³/mol. The molecule has 0 radical (unpaired) electrons. The summed E-state index contributed by atoms with van der Waals surface area (Å²) in [5.74, 6) is 1.05. The van der Waals surface area contributed by atoms with Crippen molar-refractivity contribution in [1.82, 2.24) is 4.90 Å². The number of ether oxygens (including phenoxy) is 1. The lowest BCUT2D eigenvalue weighted by molar-refractivity contribution is -0.136. The largest absolute Gasteiger partial charge is 0.378 e. The van der Waals surface area contributed by atoms with Crippen LogP contribution >= 0.6 is 0 Å². The van der Waals surface area contributed by atoms with E-state index < -0.39 is 0 Å². The molecule has 4 nitrogen and oxygen atoms in total. The minimum Gasteiger partial charge on any atom is -0.378 e. The molecule has 0 aromatic carbocycles. The van der Waals surface area contributed by atoms with Gasteiger partial charge in [0.25, 0.3) is 0 Å². The zero-order valence-corrected chi connectivity index (χ0v) is 13.6. The van der Waals surface area contributed by atoms with Crippen LogP contribution in [0.5, 0.6) is 0 Å². The summed E-state index contributed by atoms with van der Waals surface area (Å²) < 4.78 is 5.88. The van der Waals surface area contributed by atoms with Crippen LogP contribution in [-0.4, -0.2) is 42.6 Å². The van der Waals surface area contributed by atoms with Crippen LogP contribution in [-0.2, 0) is 9.53 Å². The maximum Gasteiger partial charge on any atom is 0.239 e. The fourth-order valence-electron chi connectivity index (χ4n) is 2.42. The highest BCUT2D eigenvalue weighted by Crippen LogP contribution is 2.17. The van der Waals surface area contributed by atoms with Gasteiger partial charge in [0, 0.05) is 19.7 Å².